The van der Waals surface area contributed by atoms with Gasteiger partial charge in [0.15, 0.2) is 0 Å². The van der Waals surface area contributed by atoms with Crippen LogP contribution in [-0.2, 0) is 21.5 Å². The Morgan fingerprint density at radius 2 is 2.18 bits per heavy atom. The van der Waals surface area contributed by atoms with Crippen molar-refractivity contribution in [1.29, 1.82) is 0 Å². The molecule has 0 fully saturated rings. The molecular weight excluding hydrogens is 216 g/mol. The van der Waals surface area contributed by atoms with Crippen molar-refractivity contribution in [2.45, 2.75) is 25.8 Å². The standard InChI is InChI=1S/C13H18N2O2/c1-4-10-6-5-7-11(8-10)13(2,15-9-16)12(17)14-3/h5-9H,4H2,1-3H3,(H,14,17)(H,15,16). The first kappa shape index (κ1) is 13.2. The van der Waals surface area contributed by atoms with E-state index in [4.69, 9.17) is 0 Å². The van der Waals surface area contributed by atoms with E-state index in [1.807, 2.05) is 31.2 Å². The number of hydrogen-bond acceptors (Lipinski definition) is 2. The lowest BCUT2D eigenvalue weighted by atomic mass is 9.89. The van der Waals surface area contributed by atoms with E-state index in [0.717, 1.165) is 17.5 Å². The molecule has 0 aliphatic rings. The molecule has 1 aromatic carbocycles. The molecule has 1 unspecified atom stereocenters. The molecule has 4 nitrogen and oxygen atoms in total. The van der Waals surface area contributed by atoms with Gasteiger partial charge >= 0.3 is 0 Å². The van der Waals surface area contributed by atoms with Gasteiger partial charge in [0, 0.05) is 7.05 Å². The van der Waals surface area contributed by atoms with Crippen molar-refractivity contribution >= 4 is 12.3 Å². The monoisotopic (exact) mass is 234 g/mol. The molecule has 0 spiro atoms. The number of carbonyl (C=O) groups excluding carboxylic acids is 2. The fourth-order valence-corrected chi connectivity index (χ4v) is 1.75. The fraction of sp³-hybridized carbons (Fsp3) is 0.385. The van der Waals surface area contributed by atoms with Gasteiger partial charge in [-0.15, -0.1) is 0 Å². The highest BCUT2D eigenvalue weighted by molar-refractivity contribution is 5.88. The Bertz CT molecular complexity index is 418. The first-order valence-corrected chi connectivity index (χ1v) is 5.61. The highest BCUT2D eigenvalue weighted by Crippen LogP contribution is 2.21. The zero-order valence-corrected chi connectivity index (χ0v) is 10.4. The first-order chi connectivity index (χ1) is 8.08. The molecule has 4 heteroatoms. The second-order valence-corrected chi connectivity index (χ2v) is 4.02. The third-order valence-electron chi connectivity index (χ3n) is 2.94. The number of carbonyl (C=O) groups is 2. The Kier molecular flexibility index (Phi) is 4.26. The molecule has 0 aliphatic heterocycles. The third-order valence-corrected chi connectivity index (χ3v) is 2.94. The smallest absolute Gasteiger partial charge is 0.249 e. The van der Waals surface area contributed by atoms with Crippen LogP contribution in [0.5, 0.6) is 0 Å². The van der Waals surface area contributed by atoms with Gasteiger partial charge in [-0.05, 0) is 24.5 Å². The molecule has 0 saturated heterocycles. The molecule has 0 saturated carbocycles. The summed E-state index contributed by atoms with van der Waals surface area (Å²) in [5, 5.41) is 5.15. The summed E-state index contributed by atoms with van der Waals surface area (Å²) in [6.07, 6.45) is 1.44. The van der Waals surface area contributed by atoms with Crippen molar-refractivity contribution < 1.29 is 9.59 Å². The number of rotatable bonds is 5. The van der Waals surface area contributed by atoms with E-state index in [-0.39, 0.29) is 5.91 Å². The number of benzene rings is 1. The highest BCUT2D eigenvalue weighted by atomic mass is 16.2. The molecule has 0 bridgehead atoms. The summed E-state index contributed by atoms with van der Waals surface area (Å²) >= 11 is 0. The maximum atomic E-state index is 11.9. The molecule has 2 N–H and O–H groups in total. The number of likely N-dealkylation sites (N-methyl/N-ethyl adjacent to an activating group) is 1. The first-order valence-electron chi connectivity index (χ1n) is 5.61. The van der Waals surface area contributed by atoms with Crippen LogP contribution in [0, 0.1) is 0 Å². The Labute approximate surface area is 101 Å². The minimum atomic E-state index is -1.03. The lowest BCUT2D eigenvalue weighted by Gasteiger charge is -2.27. The van der Waals surface area contributed by atoms with Crippen LogP contribution < -0.4 is 10.6 Å². The molecule has 0 aliphatic carbocycles. The summed E-state index contributed by atoms with van der Waals surface area (Å²) in [6, 6.07) is 7.66. The Hall–Kier alpha value is -1.84. The van der Waals surface area contributed by atoms with E-state index < -0.39 is 5.54 Å². The summed E-state index contributed by atoms with van der Waals surface area (Å²) in [5.41, 5.74) is 0.885. The van der Waals surface area contributed by atoms with Crippen LogP contribution in [0.1, 0.15) is 25.0 Å². The summed E-state index contributed by atoms with van der Waals surface area (Å²) in [6.45, 7) is 3.73. The van der Waals surface area contributed by atoms with Gasteiger partial charge in [0.2, 0.25) is 12.3 Å². The average molecular weight is 234 g/mol. The Morgan fingerprint density at radius 3 is 2.71 bits per heavy atom. The van der Waals surface area contributed by atoms with Gasteiger partial charge in [0.1, 0.15) is 5.54 Å². The third kappa shape index (κ3) is 2.64. The van der Waals surface area contributed by atoms with Crippen molar-refractivity contribution in [2.75, 3.05) is 7.05 Å². The predicted octanol–water partition coefficient (Wildman–Crippen LogP) is 0.956. The largest absolute Gasteiger partial charge is 0.357 e. The molecule has 92 valence electrons. The van der Waals surface area contributed by atoms with Gasteiger partial charge in [-0.2, -0.15) is 0 Å². The van der Waals surface area contributed by atoms with Gasteiger partial charge in [0.05, 0.1) is 0 Å². The van der Waals surface area contributed by atoms with E-state index >= 15 is 0 Å². The number of nitrogens with one attached hydrogen (secondary N) is 2. The zero-order valence-electron chi connectivity index (χ0n) is 10.4. The molecule has 0 aromatic heterocycles. The highest BCUT2D eigenvalue weighted by Gasteiger charge is 2.33. The number of hydrogen-bond donors (Lipinski definition) is 2. The van der Waals surface area contributed by atoms with E-state index in [2.05, 4.69) is 10.6 Å². The topological polar surface area (TPSA) is 58.2 Å². The van der Waals surface area contributed by atoms with Crippen molar-refractivity contribution in [3.05, 3.63) is 35.4 Å². The lowest BCUT2D eigenvalue weighted by molar-refractivity contribution is -0.129. The number of amides is 2. The van der Waals surface area contributed by atoms with Crippen LogP contribution in [0.4, 0.5) is 0 Å². The maximum Gasteiger partial charge on any atom is 0.249 e. The van der Waals surface area contributed by atoms with Gasteiger partial charge in [-0.25, -0.2) is 0 Å². The zero-order chi connectivity index (χ0) is 12.9. The van der Waals surface area contributed by atoms with Crippen LogP contribution in [0.2, 0.25) is 0 Å². The van der Waals surface area contributed by atoms with Crippen LogP contribution in [0.3, 0.4) is 0 Å². The molecule has 17 heavy (non-hydrogen) atoms. The van der Waals surface area contributed by atoms with Crippen LogP contribution >= 0.6 is 0 Å². The van der Waals surface area contributed by atoms with E-state index in [0.29, 0.717) is 6.41 Å². The van der Waals surface area contributed by atoms with Gasteiger partial charge in [0.25, 0.3) is 0 Å². The molecule has 0 radical (unpaired) electrons. The van der Waals surface area contributed by atoms with Crippen molar-refractivity contribution in [2.24, 2.45) is 0 Å². The van der Waals surface area contributed by atoms with Crippen LogP contribution in [0.25, 0.3) is 0 Å². The minimum absolute atomic E-state index is 0.238. The molecule has 0 heterocycles. The lowest BCUT2D eigenvalue weighted by Crippen LogP contribution is -2.51. The van der Waals surface area contributed by atoms with Crippen LogP contribution in [-0.4, -0.2) is 19.4 Å². The SMILES string of the molecule is CCc1cccc(C(C)(NC=O)C(=O)NC)c1. The van der Waals surface area contributed by atoms with E-state index in [1.165, 1.54) is 0 Å². The summed E-state index contributed by atoms with van der Waals surface area (Å²) < 4.78 is 0. The maximum absolute atomic E-state index is 11.9. The summed E-state index contributed by atoms with van der Waals surface area (Å²) in [4.78, 5) is 22.6. The quantitative estimate of drug-likeness (QED) is 0.745. The van der Waals surface area contributed by atoms with Crippen molar-refractivity contribution in [3.63, 3.8) is 0 Å². The van der Waals surface area contributed by atoms with Gasteiger partial charge < -0.3 is 10.6 Å². The van der Waals surface area contributed by atoms with Gasteiger partial charge in [-0.1, -0.05) is 31.2 Å². The van der Waals surface area contributed by atoms with E-state index in [9.17, 15) is 9.59 Å². The predicted molar refractivity (Wildman–Crippen MR) is 66.4 cm³/mol. The Balaban J connectivity index is 3.21. The fourth-order valence-electron chi connectivity index (χ4n) is 1.75. The second kappa shape index (κ2) is 5.48. The van der Waals surface area contributed by atoms with Crippen LogP contribution in [0.15, 0.2) is 24.3 Å². The average Bonchev–Trinajstić information content (AvgIpc) is 2.38. The van der Waals surface area contributed by atoms with Crippen molar-refractivity contribution in [1.82, 2.24) is 10.6 Å². The van der Waals surface area contributed by atoms with Gasteiger partial charge in [-0.3, -0.25) is 9.59 Å². The molecule has 1 atom stereocenters. The Morgan fingerprint density at radius 1 is 1.47 bits per heavy atom. The normalized spacial score (nSPS) is 13.6. The molecular formula is C13H18N2O2. The summed E-state index contributed by atoms with van der Waals surface area (Å²) in [5.74, 6) is -0.238. The van der Waals surface area contributed by atoms with Crippen molar-refractivity contribution in [3.8, 4) is 0 Å². The molecule has 1 aromatic rings. The minimum Gasteiger partial charge on any atom is -0.357 e. The number of aryl methyl sites for hydroxylation is 1. The van der Waals surface area contributed by atoms with E-state index in [1.54, 1.807) is 14.0 Å². The molecule has 2 amide bonds. The molecule has 1 rings (SSSR count). The summed E-state index contributed by atoms with van der Waals surface area (Å²) in [7, 11) is 1.55. The second-order valence-electron chi connectivity index (χ2n) is 4.02.